The fraction of sp³-hybridized carbons (Fsp3) is 0.400. The first kappa shape index (κ1) is 15.0. The largest absolute Gasteiger partial charge is 0.424 e. The van der Waals surface area contributed by atoms with Gasteiger partial charge in [-0.05, 0) is 31.9 Å². The molecule has 0 saturated carbocycles. The lowest BCUT2D eigenvalue weighted by atomic mass is 10.1. The van der Waals surface area contributed by atoms with Crippen LogP contribution in [0.4, 0.5) is 5.69 Å². The third-order valence-corrected chi connectivity index (χ3v) is 3.22. The van der Waals surface area contributed by atoms with E-state index in [2.05, 4.69) is 20.8 Å². The summed E-state index contributed by atoms with van der Waals surface area (Å²) < 4.78 is 5.21. The minimum absolute atomic E-state index is 0.117. The van der Waals surface area contributed by atoms with E-state index in [1.165, 1.54) is 0 Å². The van der Waals surface area contributed by atoms with Gasteiger partial charge in [0.1, 0.15) is 6.04 Å². The number of nitrogens with zero attached hydrogens (tertiary/aromatic N) is 2. The highest BCUT2D eigenvalue weighted by atomic mass is 16.4. The van der Waals surface area contributed by atoms with Crippen LogP contribution in [0.2, 0.25) is 0 Å². The van der Waals surface area contributed by atoms with Gasteiger partial charge in [0.05, 0.1) is 6.54 Å². The van der Waals surface area contributed by atoms with E-state index in [0.717, 1.165) is 16.8 Å². The van der Waals surface area contributed by atoms with Crippen LogP contribution in [0.15, 0.2) is 22.6 Å². The van der Waals surface area contributed by atoms with Crippen molar-refractivity contribution >= 4 is 11.6 Å². The summed E-state index contributed by atoms with van der Waals surface area (Å²) in [5.74, 6) is 0.773. The van der Waals surface area contributed by atoms with Crippen molar-refractivity contribution in [1.29, 1.82) is 0 Å². The number of rotatable bonds is 5. The van der Waals surface area contributed by atoms with Crippen LogP contribution in [-0.2, 0) is 11.3 Å². The van der Waals surface area contributed by atoms with Gasteiger partial charge in [-0.2, -0.15) is 0 Å². The molecule has 0 saturated heterocycles. The van der Waals surface area contributed by atoms with Crippen LogP contribution in [0.1, 0.15) is 29.8 Å². The Morgan fingerprint density at radius 1 is 1.24 bits per heavy atom. The normalized spacial score (nSPS) is 12.0. The molecule has 0 bridgehead atoms. The quantitative estimate of drug-likeness (QED) is 0.881. The molecule has 0 aliphatic heterocycles. The highest BCUT2D eigenvalue weighted by Crippen LogP contribution is 2.20. The van der Waals surface area contributed by atoms with E-state index in [4.69, 9.17) is 4.42 Å². The second-order valence-electron chi connectivity index (χ2n) is 5.07. The number of amides is 1. The molecular weight excluding hydrogens is 268 g/mol. The van der Waals surface area contributed by atoms with Gasteiger partial charge < -0.3 is 15.1 Å². The van der Waals surface area contributed by atoms with Crippen molar-refractivity contribution in [3.05, 3.63) is 41.1 Å². The zero-order chi connectivity index (χ0) is 15.4. The predicted octanol–water partition coefficient (Wildman–Crippen LogP) is 2.11. The van der Waals surface area contributed by atoms with Crippen molar-refractivity contribution in [2.75, 3.05) is 5.32 Å². The average Bonchev–Trinajstić information content (AvgIpc) is 2.86. The van der Waals surface area contributed by atoms with E-state index in [1.54, 1.807) is 6.92 Å². The van der Waals surface area contributed by atoms with Crippen LogP contribution in [0.25, 0.3) is 0 Å². The van der Waals surface area contributed by atoms with Crippen LogP contribution < -0.4 is 10.6 Å². The highest BCUT2D eigenvalue weighted by Gasteiger charge is 2.15. The molecule has 2 aromatic rings. The lowest BCUT2D eigenvalue weighted by Gasteiger charge is -2.18. The molecule has 1 aromatic carbocycles. The van der Waals surface area contributed by atoms with Gasteiger partial charge in [0, 0.05) is 12.6 Å². The van der Waals surface area contributed by atoms with Gasteiger partial charge in [0.25, 0.3) is 0 Å². The predicted molar refractivity (Wildman–Crippen MR) is 79.9 cm³/mol. The van der Waals surface area contributed by atoms with E-state index in [0.29, 0.717) is 11.8 Å². The molecule has 0 fully saturated rings. The summed E-state index contributed by atoms with van der Waals surface area (Å²) in [6.07, 6.45) is 0. The van der Waals surface area contributed by atoms with Crippen molar-refractivity contribution in [3.63, 3.8) is 0 Å². The van der Waals surface area contributed by atoms with Gasteiger partial charge >= 0.3 is 0 Å². The molecule has 1 aromatic heterocycles. The Balaban J connectivity index is 1.93. The molecule has 2 rings (SSSR count). The number of hydrogen-bond acceptors (Lipinski definition) is 5. The van der Waals surface area contributed by atoms with Crippen LogP contribution in [0.5, 0.6) is 0 Å². The zero-order valence-corrected chi connectivity index (χ0v) is 12.7. The molecule has 112 valence electrons. The Hall–Kier alpha value is -2.37. The van der Waals surface area contributed by atoms with Crippen molar-refractivity contribution in [2.45, 2.75) is 40.3 Å². The van der Waals surface area contributed by atoms with Gasteiger partial charge in [-0.1, -0.05) is 18.2 Å². The summed E-state index contributed by atoms with van der Waals surface area (Å²) in [5.41, 5.74) is 3.22. The molecule has 21 heavy (non-hydrogen) atoms. The topological polar surface area (TPSA) is 80.0 Å². The number of hydrogen-bond donors (Lipinski definition) is 2. The summed E-state index contributed by atoms with van der Waals surface area (Å²) in [5, 5.41) is 13.6. The summed E-state index contributed by atoms with van der Waals surface area (Å²) in [6.45, 7) is 7.80. The molecule has 1 atom stereocenters. The molecule has 1 amide bonds. The van der Waals surface area contributed by atoms with Gasteiger partial charge in [0.15, 0.2) is 0 Å². The monoisotopic (exact) mass is 288 g/mol. The van der Waals surface area contributed by atoms with E-state index < -0.39 is 0 Å². The van der Waals surface area contributed by atoms with Crippen LogP contribution in [0.3, 0.4) is 0 Å². The van der Waals surface area contributed by atoms with Crippen LogP contribution in [-0.4, -0.2) is 22.1 Å². The second-order valence-corrected chi connectivity index (χ2v) is 5.07. The Morgan fingerprint density at radius 2 is 1.90 bits per heavy atom. The molecule has 2 N–H and O–H groups in total. The molecular formula is C15H20N4O2. The molecule has 0 aliphatic carbocycles. The number of aryl methyl sites for hydroxylation is 3. The van der Waals surface area contributed by atoms with Gasteiger partial charge in [0.2, 0.25) is 17.7 Å². The number of para-hydroxylation sites is 1. The molecule has 0 spiro atoms. The minimum Gasteiger partial charge on any atom is -0.424 e. The number of benzene rings is 1. The van der Waals surface area contributed by atoms with Crippen molar-refractivity contribution < 1.29 is 9.21 Å². The Labute approximate surface area is 124 Å². The summed E-state index contributed by atoms with van der Waals surface area (Å²) in [6, 6.07) is 5.68. The maximum atomic E-state index is 12.1. The van der Waals surface area contributed by atoms with Crippen molar-refractivity contribution in [1.82, 2.24) is 15.5 Å². The van der Waals surface area contributed by atoms with Gasteiger partial charge in [-0.15, -0.1) is 10.2 Å². The molecule has 6 nitrogen and oxygen atoms in total. The summed E-state index contributed by atoms with van der Waals surface area (Å²) >= 11 is 0. The first-order valence-corrected chi connectivity index (χ1v) is 6.87. The standard InChI is InChI=1S/C15H20N4O2/c1-9-6-5-7-10(2)14(9)17-11(3)15(20)16-8-13-19-18-12(4)21-13/h5-7,11,17H,8H2,1-4H3,(H,16,20)/t11-/m1/s1. The SMILES string of the molecule is Cc1nnc(CNC(=O)[C@@H](C)Nc2c(C)cccc2C)o1. The first-order chi connectivity index (χ1) is 9.97. The molecule has 0 radical (unpaired) electrons. The van der Waals surface area contributed by atoms with E-state index >= 15 is 0 Å². The number of aromatic nitrogens is 2. The lowest BCUT2D eigenvalue weighted by molar-refractivity contribution is -0.121. The number of anilines is 1. The third-order valence-electron chi connectivity index (χ3n) is 3.22. The van der Waals surface area contributed by atoms with Crippen molar-refractivity contribution in [3.8, 4) is 0 Å². The van der Waals surface area contributed by atoms with Gasteiger partial charge in [-0.25, -0.2) is 0 Å². The Bertz CT molecular complexity index is 616. The maximum Gasteiger partial charge on any atom is 0.242 e. The smallest absolute Gasteiger partial charge is 0.242 e. The summed E-state index contributed by atoms with van der Waals surface area (Å²) in [4.78, 5) is 12.1. The molecule has 6 heteroatoms. The van der Waals surface area contributed by atoms with Crippen LogP contribution >= 0.6 is 0 Å². The lowest BCUT2D eigenvalue weighted by Crippen LogP contribution is -2.37. The molecule has 0 unspecified atom stereocenters. The first-order valence-electron chi connectivity index (χ1n) is 6.87. The number of carbonyl (C=O) groups excluding carboxylic acids is 1. The average molecular weight is 288 g/mol. The molecule has 1 heterocycles. The fourth-order valence-electron chi connectivity index (χ4n) is 2.05. The highest BCUT2D eigenvalue weighted by molar-refractivity contribution is 5.84. The fourth-order valence-corrected chi connectivity index (χ4v) is 2.05. The van der Waals surface area contributed by atoms with Crippen LogP contribution in [0, 0.1) is 20.8 Å². The van der Waals surface area contributed by atoms with E-state index in [-0.39, 0.29) is 18.5 Å². The molecule has 0 aliphatic rings. The number of nitrogens with one attached hydrogen (secondary N) is 2. The minimum atomic E-state index is -0.353. The van der Waals surface area contributed by atoms with Gasteiger partial charge in [-0.3, -0.25) is 4.79 Å². The Kier molecular flexibility index (Phi) is 4.57. The van der Waals surface area contributed by atoms with Crippen molar-refractivity contribution in [2.24, 2.45) is 0 Å². The van der Waals surface area contributed by atoms with E-state index in [9.17, 15) is 4.79 Å². The maximum absolute atomic E-state index is 12.1. The zero-order valence-electron chi connectivity index (χ0n) is 12.7. The van der Waals surface area contributed by atoms with E-state index in [1.807, 2.05) is 39.0 Å². The third kappa shape index (κ3) is 3.81. The second kappa shape index (κ2) is 6.39. The Morgan fingerprint density at radius 3 is 2.48 bits per heavy atom. The number of carbonyl (C=O) groups is 1. The summed E-state index contributed by atoms with van der Waals surface area (Å²) in [7, 11) is 0.